The molecular weight excluding hydrogens is 322 g/mol. The van der Waals surface area contributed by atoms with Gasteiger partial charge in [0.25, 0.3) is 0 Å². The van der Waals surface area contributed by atoms with Crippen molar-refractivity contribution >= 4 is 12.2 Å². The second-order valence-electron chi connectivity index (χ2n) is 4.28. The zero-order valence-corrected chi connectivity index (χ0v) is 15.1. The number of benzene rings is 1. The predicted octanol–water partition coefficient (Wildman–Crippen LogP) is 2.32. The topological polar surface area (TPSA) is 95.2 Å². The van der Waals surface area contributed by atoms with Crippen LogP contribution in [0.2, 0.25) is 0 Å². The van der Waals surface area contributed by atoms with E-state index in [1.54, 1.807) is 50.6 Å². The molecule has 1 N–H and O–H groups in total. The third-order valence-corrected chi connectivity index (χ3v) is 2.69. The molecule has 0 bridgehead atoms. The number of aliphatic hydroxyl groups is 1. The highest BCUT2D eigenvalue weighted by Crippen LogP contribution is 2.10. The van der Waals surface area contributed by atoms with Crippen LogP contribution in [0.3, 0.4) is 0 Å². The van der Waals surface area contributed by atoms with E-state index in [9.17, 15) is 4.79 Å². The van der Waals surface area contributed by atoms with Crippen LogP contribution in [0.25, 0.3) is 0 Å². The molecule has 0 radical (unpaired) electrons. The number of hydrazone groups is 1. The molecule has 0 aliphatic rings. The first-order valence-electron chi connectivity index (χ1n) is 7.99. The maximum atomic E-state index is 11.6. The van der Waals surface area contributed by atoms with Crippen LogP contribution in [0.4, 0.5) is 0 Å². The molecule has 0 saturated heterocycles. The van der Waals surface area contributed by atoms with E-state index in [1.807, 2.05) is 13.8 Å². The molecule has 0 unspecified atom stereocenters. The van der Waals surface area contributed by atoms with Crippen LogP contribution in [0.1, 0.15) is 26.3 Å². The summed E-state index contributed by atoms with van der Waals surface area (Å²) in [6.45, 7) is 5.78. The lowest BCUT2D eigenvalue weighted by Gasteiger charge is -2.13. The monoisotopic (exact) mass is 347 g/mol. The number of nitriles is 1. The lowest BCUT2D eigenvalue weighted by Crippen LogP contribution is -2.18. The summed E-state index contributed by atoms with van der Waals surface area (Å²) in [5, 5.41) is 23.5. The number of ether oxygens (including phenoxy) is 2. The minimum atomic E-state index is -0.724. The first kappa shape index (κ1) is 22.2. The summed E-state index contributed by atoms with van der Waals surface area (Å²) < 4.78 is 9.84. The Bertz CT molecular complexity index is 604. The zero-order chi connectivity index (χ0) is 19.1. The highest BCUT2D eigenvalue weighted by Gasteiger charge is 2.11. The van der Waals surface area contributed by atoms with E-state index in [2.05, 4.69) is 5.10 Å². The first-order valence-corrected chi connectivity index (χ1v) is 7.99. The molecule has 0 aliphatic carbocycles. The SMILES string of the molecule is CC.CCOC(=O)/C(C#N)=C/N(CCO)/N=C/c1ccc(OC)cc1. The fourth-order valence-corrected chi connectivity index (χ4v) is 1.57. The number of carbonyl (C=O) groups is 1. The van der Waals surface area contributed by atoms with Crippen molar-refractivity contribution in [2.24, 2.45) is 5.10 Å². The molecule has 0 heterocycles. The van der Waals surface area contributed by atoms with Crippen LogP contribution >= 0.6 is 0 Å². The van der Waals surface area contributed by atoms with Crippen molar-refractivity contribution in [3.05, 3.63) is 41.6 Å². The standard InChI is InChI=1S/C16H19N3O4.C2H6/c1-3-23-16(21)14(10-17)12-19(8-9-20)18-11-13-4-6-15(22-2)7-5-13;1-2/h4-7,11-12,20H,3,8-9H2,1-2H3;1-2H3/b14-12+,18-11+;. The fourth-order valence-electron chi connectivity index (χ4n) is 1.57. The second-order valence-corrected chi connectivity index (χ2v) is 4.28. The van der Waals surface area contributed by atoms with Crippen molar-refractivity contribution in [2.75, 3.05) is 26.9 Å². The molecule has 1 aromatic carbocycles. The fraction of sp³-hybridized carbons (Fsp3) is 0.389. The number of rotatable bonds is 8. The smallest absolute Gasteiger partial charge is 0.350 e. The minimum Gasteiger partial charge on any atom is -0.497 e. The minimum absolute atomic E-state index is 0.136. The summed E-state index contributed by atoms with van der Waals surface area (Å²) in [6.07, 6.45) is 2.79. The molecule has 7 nitrogen and oxygen atoms in total. The maximum absolute atomic E-state index is 11.6. The van der Waals surface area contributed by atoms with Gasteiger partial charge in [0.05, 0.1) is 33.1 Å². The van der Waals surface area contributed by atoms with Gasteiger partial charge in [-0.25, -0.2) is 4.79 Å². The van der Waals surface area contributed by atoms with E-state index >= 15 is 0 Å². The van der Waals surface area contributed by atoms with Crippen molar-refractivity contribution < 1.29 is 19.4 Å². The molecular formula is C18H25N3O4. The van der Waals surface area contributed by atoms with E-state index in [4.69, 9.17) is 19.8 Å². The van der Waals surface area contributed by atoms with Crippen molar-refractivity contribution in [3.63, 3.8) is 0 Å². The van der Waals surface area contributed by atoms with Gasteiger partial charge in [-0.05, 0) is 36.8 Å². The Balaban J connectivity index is 0.00000277. The molecule has 25 heavy (non-hydrogen) atoms. The van der Waals surface area contributed by atoms with E-state index in [-0.39, 0.29) is 25.3 Å². The highest BCUT2D eigenvalue weighted by atomic mass is 16.5. The van der Waals surface area contributed by atoms with Crippen LogP contribution in [0.5, 0.6) is 5.75 Å². The van der Waals surface area contributed by atoms with Gasteiger partial charge in [0, 0.05) is 6.20 Å². The number of hydrogen-bond acceptors (Lipinski definition) is 7. The Morgan fingerprint density at radius 1 is 1.36 bits per heavy atom. The van der Waals surface area contributed by atoms with Gasteiger partial charge < -0.3 is 14.6 Å². The zero-order valence-electron chi connectivity index (χ0n) is 15.1. The van der Waals surface area contributed by atoms with E-state index in [0.717, 1.165) is 11.3 Å². The third-order valence-electron chi connectivity index (χ3n) is 2.69. The Kier molecular flexibility index (Phi) is 12.0. The molecule has 0 spiro atoms. The van der Waals surface area contributed by atoms with Crippen molar-refractivity contribution in [1.29, 1.82) is 5.26 Å². The summed E-state index contributed by atoms with van der Waals surface area (Å²) in [7, 11) is 1.58. The summed E-state index contributed by atoms with van der Waals surface area (Å²) in [5.74, 6) is 0.000857. The molecule has 7 heteroatoms. The summed E-state index contributed by atoms with van der Waals surface area (Å²) in [6, 6.07) is 8.94. The molecule has 1 aromatic rings. The van der Waals surface area contributed by atoms with Gasteiger partial charge in [-0.2, -0.15) is 10.4 Å². The lowest BCUT2D eigenvalue weighted by atomic mass is 10.2. The molecule has 0 fully saturated rings. The van der Waals surface area contributed by atoms with Gasteiger partial charge in [-0.1, -0.05) is 13.8 Å². The van der Waals surface area contributed by atoms with Gasteiger partial charge in [0.1, 0.15) is 11.8 Å². The van der Waals surface area contributed by atoms with E-state index in [1.165, 1.54) is 11.2 Å². The summed E-state index contributed by atoms with van der Waals surface area (Å²) >= 11 is 0. The highest BCUT2D eigenvalue weighted by molar-refractivity contribution is 5.92. The number of esters is 1. The average molecular weight is 347 g/mol. The van der Waals surface area contributed by atoms with E-state index in [0.29, 0.717) is 0 Å². The predicted molar refractivity (Wildman–Crippen MR) is 96.1 cm³/mol. The van der Waals surface area contributed by atoms with Crippen LogP contribution in [0.15, 0.2) is 41.1 Å². The van der Waals surface area contributed by atoms with Crippen molar-refractivity contribution in [1.82, 2.24) is 5.01 Å². The number of methoxy groups -OCH3 is 1. The summed E-state index contributed by atoms with van der Waals surface area (Å²) in [4.78, 5) is 11.6. The second kappa shape index (κ2) is 13.6. The Morgan fingerprint density at radius 2 is 2.00 bits per heavy atom. The average Bonchev–Trinajstić information content (AvgIpc) is 2.66. The van der Waals surface area contributed by atoms with Crippen LogP contribution in [0, 0.1) is 11.3 Å². The molecule has 136 valence electrons. The maximum Gasteiger partial charge on any atom is 0.350 e. The Morgan fingerprint density at radius 3 is 2.48 bits per heavy atom. The van der Waals surface area contributed by atoms with Gasteiger partial charge in [-0.3, -0.25) is 5.01 Å². The van der Waals surface area contributed by atoms with Gasteiger partial charge in [0.15, 0.2) is 5.57 Å². The number of hydrogen-bond donors (Lipinski definition) is 1. The summed E-state index contributed by atoms with van der Waals surface area (Å²) in [5.41, 5.74) is 0.615. The van der Waals surface area contributed by atoms with Gasteiger partial charge in [-0.15, -0.1) is 0 Å². The van der Waals surface area contributed by atoms with Crippen LogP contribution < -0.4 is 4.74 Å². The van der Waals surface area contributed by atoms with E-state index < -0.39 is 5.97 Å². The molecule has 1 rings (SSSR count). The van der Waals surface area contributed by atoms with Crippen LogP contribution in [-0.4, -0.2) is 49.2 Å². The lowest BCUT2D eigenvalue weighted by molar-refractivity contribution is -0.138. The Labute approximate surface area is 148 Å². The van der Waals surface area contributed by atoms with Crippen LogP contribution in [-0.2, 0) is 9.53 Å². The van der Waals surface area contributed by atoms with Gasteiger partial charge in [0.2, 0.25) is 0 Å². The molecule has 0 aromatic heterocycles. The normalized spacial score (nSPS) is 10.5. The molecule has 0 aliphatic heterocycles. The molecule has 0 amide bonds. The third kappa shape index (κ3) is 8.53. The molecule has 0 atom stereocenters. The first-order chi connectivity index (χ1) is 12.1. The van der Waals surface area contributed by atoms with Crippen molar-refractivity contribution in [2.45, 2.75) is 20.8 Å². The largest absolute Gasteiger partial charge is 0.497 e. The molecule has 0 saturated carbocycles. The van der Waals surface area contributed by atoms with Crippen molar-refractivity contribution in [3.8, 4) is 11.8 Å². The number of nitrogens with zero attached hydrogens (tertiary/aromatic N) is 3. The number of carbonyl (C=O) groups excluding carboxylic acids is 1. The Hall–Kier alpha value is -2.85. The van der Waals surface area contributed by atoms with Gasteiger partial charge >= 0.3 is 5.97 Å². The quantitative estimate of drug-likeness (QED) is 0.255. The number of aliphatic hydroxyl groups excluding tert-OH is 1.